The minimum absolute atomic E-state index is 0.267. The van der Waals surface area contributed by atoms with Crippen molar-refractivity contribution in [1.29, 1.82) is 0 Å². The van der Waals surface area contributed by atoms with Crippen molar-refractivity contribution in [2.75, 3.05) is 0 Å². The van der Waals surface area contributed by atoms with Crippen molar-refractivity contribution in [1.82, 2.24) is 0 Å². The topological polar surface area (TPSA) is 37.3 Å². The van der Waals surface area contributed by atoms with Gasteiger partial charge in [-0.2, -0.15) is 0 Å². The number of rotatable bonds is 5. The van der Waals surface area contributed by atoms with Crippen LogP contribution in [0.2, 0.25) is 0 Å². The molecule has 20 heavy (non-hydrogen) atoms. The molecule has 1 N–H and O–H groups in total. The molecule has 0 amide bonds. The first kappa shape index (κ1) is 16.0. The summed E-state index contributed by atoms with van der Waals surface area (Å²) < 4.78 is 0. The van der Waals surface area contributed by atoms with Crippen LogP contribution in [-0.4, -0.2) is 16.5 Å². The molecule has 0 radical (unpaired) electrons. The fourth-order valence-corrected chi connectivity index (χ4v) is 4.96. The SMILES string of the molecule is C[C@H](CCCC(C)(C)O)[C@@H]1CC[C@@H]2C(=O)CCC[C@@]21C. The van der Waals surface area contributed by atoms with Crippen LogP contribution in [0, 0.1) is 23.2 Å². The van der Waals surface area contributed by atoms with Crippen LogP contribution < -0.4 is 0 Å². The smallest absolute Gasteiger partial charge is 0.136 e. The summed E-state index contributed by atoms with van der Waals surface area (Å²) in [5.74, 6) is 2.26. The highest BCUT2D eigenvalue weighted by Gasteiger charge is 2.52. The summed E-state index contributed by atoms with van der Waals surface area (Å²) in [7, 11) is 0. The number of hydrogen-bond acceptors (Lipinski definition) is 2. The first-order valence-corrected chi connectivity index (χ1v) is 8.49. The summed E-state index contributed by atoms with van der Waals surface area (Å²) in [6, 6.07) is 0. The Bertz CT molecular complexity index is 355. The molecule has 0 spiro atoms. The molecule has 0 aliphatic heterocycles. The summed E-state index contributed by atoms with van der Waals surface area (Å²) in [5, 5.41) is 9.82. The van der Waals surface area contributed by atoms with Crippen molar-refractivity contribution in [2.24, 2.45) is 23.2 Å². The molecule has 0 saturated heterocycles. The van der Waals surface area contributed by atoms with Gasteiger partial charge in [0.05, 0.1) is 5.60 Å². The number of ketones is 1. The minimum Gasteiger partial charge on any atom is -0.390 e. The first-order chi connectivity index (χ1) is 9.24. The summed E-state index contributed by atoms with van der Waals surface area (Å²) >= 11 is 0. The second-order valence-corrected chi connectivity index (χ2v) is 8.24. The van der Waals surface area contributed by atoms with Gasteiger partial charge in [-0.15, -0.1) is 0 Å². The molecule has 4 atom stereocenters. The Hall–Kier alpha value is -0.370. The molecule has 2 rings (SSSR count). The van der Waals surface area contributed by atoms with E-state index in [4.69, 9.17) is 0 Å². The van der Waals surface area contributed by atoms with Crippen LogP contribution in [0.25, 0.3) is 0 Å². The van der Waals surface area contributed by atoms with Gasteiger partial charge in [0.1, 0.15) is 5.78 Å². The lowest BCUT2D eigenvalue weighted by molar-refractivity contribution is -0.130. The van der Waals surface area contributed by atoms with E-state index in [9.17, 15) is 9.90 Å². The van der Waals surface area contributed by atoms with Gasteiger partial charge in [0.2, 0.25) is 0 Å². The third-order valence-electron chi connectivity index (χ3n) is 6.07. The van der Waals surface area contributed by atoms with Crippen LogP contribution in [0.4, 0.5) is 0 Å². The molecule has 2 fully saturated rings. The Kier molecular flexibility index (Phi) is 4.63. The van der Waals surface area contributed by atoms with Gasteiger partial charge in [-0.25, -0.2) is 0 Å². The average Bonchev–Trinajstić information content (AvgIpc) is 2.66. The van der Waals surface area contributed by atoms with Gasteiger partial charge in [-0.1, -0.05) is 26.7 Å². The molecular formula is C18H32O2. The fraction of sp³-hybridized carbons (Fsp3) is 0.944. The summed E-state index contributed by atoms with van der Waals surface area (Å²) in [6.07, 6.45) is 8.67. The third kappa shape index (κ3) is 3.27. The van der Waals surface area contributed by atoms with E-state index in [1.54, 1.807) is 0 Å². The number of hydrogen-bond donors (Lipinski definition) is 1. The predicted molar refractivity (Wildman–Crippen MR) is 82.5 cm³/mol. The van der Waals surface area contributed by atoms with E-state index in [0.29, 0.717) is 23.5 Å². The summed E-state index contributed by atoms with van der Waals surface area (Å²) in [5.41, 5.74) is -0.272. The highest BCUT2D eigenvalue weighted by atomic mass is 16.3. The van der Waals surface area contributed by atoms with Crippen LogP contribution in [0.15, 0.2) is 0 Å². The molecule has 2 aliphatic rings. The maximum atomic E-state index is 12.2. The maximum Gasteiger partial charge on any atom is 0.136 e. The first-order valence-electron chi connectivity index (χ1n) is 8.49. The zero-order valence-electron chi connectivity index (χ0n) is 13.7. The fourth-order valence-electron chi connectivity index (χ4n) is 4.96. The van der Waals surface area contributed by atoms with E-state index in [1.807, 2.05) is 13.8 Å². The summed E-state index contributed by atoms with van der Waals surface area (Å²) in [6.45, 7) is 8.52. The van der Waals surface area contributed by atoms with Gasteiger partial charge in [0, 0.05) is 12.3 Å². The van der Waals surface area contributed by atoms with Crippen LogP contribution in [0.3, 0.4) is 0 Å². The van der Waals surface area contributed by atoms with E-state index < -0.39 is 5.60 Å². The van der Waals surface area contributed by atoms with Gasteiger partial charge in [0.15, 0.2) is 0 Å². The van der Waals surface area contributed by atoms with Gasteiger partial charge in [-0.05, 0) is 63.2 Å². The van der Waals surface area contributed by atoms with Gasteiger partial charge in [-0.3, -0.25) is 4.79 Å². The van der Waals surface area contributed by atoms with E-state index in [0.717, 1.165) is 32.1 Å². The molecule has 0 aromatic carbocycles. The predicted octanol–water partition coefficient (Wildman–Crippen LogP) is 4.35. The molecule has 2 saturated carbocycles. The van der Waals surface area contributed by atoms with Crippen molar-refractivity contribution in [3.8, 4) is 0 Å². The van der Waals surface area contributed by atoms with Crippen molar-refractivity contribution < 1.29 is 9.90 Å². The van der Waals surface area contributed by atoms with Crippen molar-refractivity contribution >= 4 is 5.78 Å². The van der Waals surface area contributed by atoms with Gasteiger partial charge in [0.25, 0.3) is 0 Å². The summed E-state index contributed by atoms with van der Waals surface area (Å²) in [4.78, 5) is 12.2. The molecule has 2 heteroatoms. The monoisotopic (exact) mass is 280 g/mol. The molecule has 116 valence electrons. The van der Waals surface area contributed by atoms with Gasteiger partial charge < -0.3 is 5.11 Å². The highest BCUT2D eigenvalue weighted by Crippen LogP contribution is 2.57. The number of fused-ring (bicyclic) bond motifs is 1. The van der Waals surface area contributed by atoms with E-state index in [2.05, 4.69) is 13.8 Å². The molecule has 0 bridgehead atoms. The third-order valence-corrected chi connectivity index (χ3v) is 6.07. The average molecular weight is 280 g/mol. The van der Waals surface area contributed by atoms with E-state index in [-0.39, 0.29) is 5.41 Å². The molecule has 0 unspecified atom stereocenters. The zero-order chi connectivity index (χ0) is 15.0. The Labute approximate surface area is 124 Å². The number of carbonyl (C=O) groups is 1. The number of carbonyl (C=O) groups excluding carboxylic acids is 1. The van der Waals surface area contributed by atoms with Crippen molar-refractivity contribution in [2.45, 2.75) is 84.7 Å². The second-order valence-electron chi connectivity index (χ2n) is 8.24. The lowest BCUT2D eigenvalue weighted by atomic mass is 9.62. The molecule has 2 nitrogen and oxygen atoms in total. The molecular weight excluding hydrogens is 248 g/mol. The lowest BCUT2D eigenvalue weighted by Gasteiger charge is -2.42. The number of Topliss-reactive ketones (excluding diaryl/α,β-unsaturated/α-hetero) is 1. The second kappa shape index (κ2) is 5.79. The van der Waals surface area contributed by atoms with E-state index >= 15 is 0 Å². The van der Waals surface area contributed by atoms with Crippen LogP contribution >= 0.6 is 0 Å². The molecule has 2 aliphatic carbocycles. The molecule has 0 aromatic heterocycles. The molecule has 0 aromatic rings. The highest BCUT2D eigenvalue weighted by molar-refractivity contribution is 5.83. The Morgan fingerprint density at radius 2 is 2.10 bits per heavy atom. The quantitative estimate of drug-likeness (QED) is 0.813. The van der Waals surface area contributed by atoms with Crippen molar-refractivity contribution in [3.63, 3.8) is 0 Å². The van der Waals surface area contributed by atoms with Gasteiger partial charge >= 0.3 is 0 Å². The Morgan fingerprint density at radius 1 is 1.40 bits per heavy atom. The normalized spacial score (nSPS) is 36.0. The van der Waals surface area contributed by atoms with E-state index in [1.165, 1.54) is 19.3 Å². The standard InChI is InChI=1S/C18H32O2/c1-13(7-5-11-17(2,3)20)14-9-10-15-16(19)8-6-12-18(14,15)4/h13-15,20H,5-12H2,1-4H3/t13-,14+,15-,18-/m1/s1. The molecule has 0 heterocycles. The maximum absolute atomic E-state index is 12.2. The van der Waals surface area contributed by atoms with Crippen LogP contribution in [0.5, 0.6) is 0 Å². The number of aliphatic hydroxyl groups is 1. The Morgan fingerprint density at radius 3 is 2.75 bits per heavy atom. The minimum atomic E-state index is -0.539. The van der Waals surface area contributed by atoms with Crippen molar-refractivity contribution in [3.05, 3.63) is 0 Å². The zero-order valence-corrected chi connectivity index (χ0v) is 13.7. The van der Waals surface area contributed by atoms with Crippen LogP contribution in [-0.2, 0) is 4.79 Å². The lowest BCUT2D eigenvalue weighted by Crippen LogP contribution is -2.39. The largest absolute Gasteiger partial charge is 0.390 e. The van der Waals surface area contributed by atoms with Crippen LogP contribution in [0.1, 0.15) is 79.1 Å². The Balaban J connectivity index is 1.93.